The van der Waals surface area contributed by atoms with Crippen molar-refractivity contribution >= 4 is 5.91 Å². The molecule has 1 atom stereocenters. The fourth-order valence-corrected chi connectivity index (χ4v) is 2.65. The molecule has 1 amide bonds. The number of hydrogen-bond acceptors (Lipinski definition) is 5. The van der Waals surface area contributed by atoms with Crippen molar-refractivity contribution in [3.8, 4) is 12.1 Å². The van der Waals surface area contributed by atoms with Gasteiger partial charge in [0.05, 0.1) is 31.5 Å². The lowest BCUT2D eigenvalue weighted by Gasteiger charge is -2.29. The van der Waals surface area contributed by atoms with Gasteiger partial charge in [0.25, 0.3) is 0 Å². The molecule has 1 saturated heterocycles. The Hall–Kier alpha value is -1.63. The van der Waals surface area contributed by atoms with E-state index in [4.69, 9.17) is 10.5 Å². The minimum Gasteiger partial charge on any atom is -0.340 e. The summed E-state index contributed by atoms with van der Waals surface area (Å²) in [5.74, 6) is 0.606. The third-order valence-electron chi connectivity index (χ3n) is 3.71. The van der Waals surface area contributed by atoms with Crippen LogP contribution in [0.2, 0.25) is 0 Å². The van der Waals surface area contributed by atoms with E-state index in [1.54, 1.807) is 4.90 Å². The SMILES string of the molecule is CN(CC(=O)N(CCC#N)CCC#N)CC1CCCNC1. The molecule has 6 nitrogen and oxygen atoms in total. The van der Waals surface area contributed by atoms with Crippen molar-refractivity contribution in [1.29, 1.82) is 10.5 Å². The normalized spacial score (nSPS) is 18.0. The lowest BCUT2D eigenvalue weighted by atomic mass is 9.99. The standard InChI is InChI=1S/C15H25N5O/c1-19(12-14-5-2-8-18-11-14)13-15(21)20(9-3-6-16)10-4-7-17/h14,18H,2-5,8-13H2,1H3. The first-order valence-electron chi connectivity index (χ1n) is 7.58. The number of nitrogens with zero attached hydrogens (tertiary/aromatic N) is 4. The van der Waals surface area contributed by atoms with Gasteiger partial charge in [-0.3, -0.25) is 9.69 Å². The maximum atomic E-state index is 12.3. The Kier molecular flexibility index (Phi) is 8.42. The molecule has 1 aliphatic rings. The third kappa shape index (κ3) is 7.08. The molecule has 0 aromatic heterocycles. The molecular weight excluding hydrogens is 266 g/mol. The van der Waals surface area contributed by atoms with Gasteiger partial charge in [-0.1, -0.05) is 0 Å². The number of carbonyl (C=O) groups excluding carboxylic acids is 1. The molecule has 0 radical (unpaired) electrons. The molecule has 1 unspecified atom stereocenters. The van der Waals surface area contributed by atoms with E-state index < -0.39 is 0 Å². The highest BCUT2D eigenvalue weighted by Gasteiger charge is 2.19. The summed E-state index contributed by atoms with van der Waals surface area (Å²) in [7, 11) is 1.96. The highest BCUT2D eigenvalue weighted by Crippen LogP contribution is 2.11. The summed E-state index contributed by atoms with van der Waals surface area (Å²) in [4.78, 5) is 15.9. The second-order valence-electron chi connectivity index (χ2n) is 5.61. The number of nitrogens with one attached hydrogen (secondary N) is 1. The van der Waals surface area contributed by atoms with Gasteiger partial charge in [-0.05, 0) is 38.9 Å². The van der Waals surface area contributed by atoms with Crippen molar-refractivity contribution in [3.63, 3.8) is 0 Å². The molecule has 0 saturated carbocycles. The van der Waals surface area contributed by atoms with Crippen LogP contribution in [0.5, 0.6) is 0 Å². The van der Waals surface area contributed by atoms with Gasteiger partial charge in [0, 0.05) is 19.6 Å². The van der Waals surface area contributed by atoms with E-state index in [9.17, 15) is 4.79 Å². The zero-order valence-electron chi connectivity index (χ0n) is 12.8. The molecule has 0 aromatic carbocycles. The molecule has 1 fully saturated rings. The smallest absolute Gasteiger partial charge is 0.236 e. The minimum absolute atomic E-state index is 0.00627. The van der Waals surface area contributed by atoms with E-state index in [-0.39, 0.29) is 5.91 Å². The Labute approximate surface area is 127 Å². The molecule has 21 heavy (non-hydrogen) atoms. The molecule has 0 spiro atoms. The number of hydrogen-bond donors (Lipinski definition) is 1. The summed E-state index contributed by atoms with van der Waals surface area (Å²) < 4.78 is 0. The second-order valence-corrected chi connectivity index (χ2v) is 5.61. The monoisotopic (exact) mass is 291 g/mol. The Morgan fingerprint density at radius 3 is 2.48 bits per heavy atom. The molecule has 6 heteroatoms. The topological polar surface area (TPSA) is 83.2 Å². The average Bonchev–Trinajstić information content (AvgIpc) is 2.48. The van der Waals surface area contributed by atoms with E-state index in [1.807, 2.05) is 24.1 Å². The average molecular weight is 291 g/mol. The molecule has 0 aromatic rings. The number of nitriles is 2. The van der Waals surface area contributed by atoms with E-state index in [1.165, 1.54) is 12.8 Å². The van der Waals surface area contributed by atoms with Crippen LogP contribution < -0.4 is 5.32 Å². The van der Waals surface area contributed by atoms with Crippen LogP contribution in [-0.4, -0.2) is 62.0 Å². The van der Waals surface area contributed by atoms with E-state index >= 15 is 0 Å². The van der Waals surface area contributed by atoms with Crippen LogP contribution in [0.3, 0.4) is 0 Å². The molecule has 1 aliphatic heterocycles. The van der Waals surface area contributed by atoms with Crippen LogP contribution in [-0.2, 0) is 4.79 Å². The van der Waals surface area contributed by atoms with Crippen molar-refractivity contribution in [1.82, 2.24) is 15.1 Å². The molecule has 0 aliphatic carbocycles. The van der Waals surface area contributed by atoms with Gasteiger partial charge >= 0.3 is 0 Å². The lowest BCUT2D eigenvalue weighted by Crippen LogP contribution is -2.43. The van der Waals surface area contributed by atoms with Crippen molar-refractivity contribution in [3.05, 3.63) is 0 Å². The van der Waals surface area contributed by atoms with Crippen LogP contribution >= 0.6 is 0 Å². The van der Waals surface area contributed by atoms with Crippen LogP contribution in [0.4, 0.5) is 0 Å². The summed E-state index contributed by atoms with van der Waals surface area (Å²) >= 11 is 0. The van der Waals surface area contributed by atoms with Crippen molar-refractivity contribution in [2.75, 3.05) is 46.3 Å². The fourth-order valence-electron chi connectivity index (χ4n) is 2.65. The van der Waals surface area contributed by atoms with Crippen molar-refractivity contribution in [2.24, 2.45) is 5.92 Å². The van der Waals surface area contributed by atoms with Crippen molar-refractivity contribution in [2.45, 2.75) is 25.7 Å². The number of amides is 1. The molecule has 1 heterocycles. The first-order chi connectivity index (χ1) is 10.2. The Morgan fingerprint density at radius 1 is 1.29 bits per heavy atom. The van der Waals surface area contributed by atoms with Gasteiger partial charge < -0.3 is 10.2 Å². The summed E-state index contributed by atoms with van der Waals surface area (Å²) in [6.07, 6.45) is 3.03. The first kappa shape index (κ1) is 17.4. The fraction of sp³-hybridized carbons (Fsp3) is 0.800. The van der Waals surface area contributed by atoms with Gasteiger partial charge in [-0.2, -0.15) is 10.5 Å². The van der Waals surface area contributed by atoms with Gasteiger partial charge in [0.2, 0.25) is 5.91 Å². The zero-order chi connectivity index (χ0) is 15.5. The summed E-state index contributed by atoms with van der Waals surface area (Å²) in [6.45, 7) is 4.20. The largest absolute Gasteiger partial charge is 0.340 e. The van der Waals surface area contributed by atoms with Gasteiger partial charge in [-0.15, -0.1) is 0 Å². The van der Waals surface area contributed by atoms with Gasteiger partial charge in [0.1, 0.15) is 0 Å². The van der Waals surface area contributed by atoms with E-state index in [0.29, 0.717) is 38.4 Å². The Morgan fingerprint density at radius 2 is 1.95 bits per heavy atom. The maximum absolute atomic E-state index is 12.3. The quantitative estimate of drug-likeness (QED) is 0.707. The molecular formula is C15H25N5O. The Balaban J connectivity index is 2.39. The van der Waals surface area contributed by atoms with Gasteiger partial charge in [0.15, 0.2) is 0 Å². The zero-order valence-corrected chi connectivity index (χ0v) is 12.8. The summed E-state index contributed by atoms with van der Waals surface area (Å²) in [5, 5.41) is 20.7. The number of rotatable bonds is 8. The third-order valence-corrected chi connectivity index (χ3v) is 3.71. The summed E-state index contributed by atoms with van der Waals surface area (Å²) in [6, 6.07) is 4.10. The van der Waals surface area contributed by atoms with Crippen LogP contribution in [0.15, 0.2) is 0 Å². The highest BCUT2D eigenvalue weighted by molar-refractivity contribution is 5.78. The number of carbonyl (C=O) groups is 1. The highest BCUT2D eigenvalue weighted by atomic mass is 16.2. The molecule has 1 N–H and O–H groups in total. The van der Waals surface area contributed by atoms with Gasteiger partial charge in [-0.25, -0.2) is 0 Å². The number of likely N-dealkylation sites (N-methyl/N-ethyl adjacent to an activating group) is 1. The van der Waals surface area contributed by atoms with E-state index in [0.717, 1.165) is 19.6 Å². The molecule has 1 rings (SSSR count). The number of piperidine rings is 1. The molecule has 116 valence electrons. The van der Waals surface area contributed by atoms with Crippen LogP contribution in [0, 0.1) is 28.6 Å². The minimum atomic E-state index is 0.00627. The van der Waals surface area contributed by atoms with Crippen LogP contribution in [0.25, 0.3) is 0 Å². The second kappa shape index (κ2) is 10.1. The van der Waals surface area contributed by atoms with E-state index in [2.05, 4.69) is 5.32 Å². The maximum Gasteiger partial charge on any atom is 0.236 e. The summed E-state index contributed by atoms with van der Waals surface area (Å²) in [5.41, 5.74) is 0. The predicted molar refractivity (Wildman–Crippen MR) is 80.1 cm³/mol. The molecule has 0 bridgehead atoms. The van der Waals surface area contributed by atoms with Crippen molar-refractivity contribution < 1.29 is 4.79 Å². The van der Waals surface area contributed by atoms with Crippen LogP contribution in [0.1, 0.15) is 25.7 Å². The first-order valence-corrected chi connectivity index (χ1v) is 7.58. The lowest BCUT2D eigenvalue weighted by molar-refractivity contribution is -0.132. The predicted octanol–water partition coefficient (Wildman–Crippen LogP) is 0.574. The Bertz CT molecular complexity index is 374.